The van der Waals surface area contributed by atoms with Crippen LogP contribution in [0.3, 0.4) is 0 Å². The number of nitrogens with one attached hydrogen (secondary N) is 2. The Kier molecular flexibility index (Phi) is 3.25. The van der Waals surface area contributed by atoms with E-state index in [4.69, 9.17) is 5.11 Å². The number of hydrogen-bond donors (Lipinski definition) is 3. The highest BCUT2D eigenvalue weighted by molar-refractivity contribution is 7.92. The summed E-state index contributed by atoms with van der Waals surface area (Å²) in [4.78, 5) is 10.9. The van der Waals surface area contributed by atoms with Gasteiger partial charge >= 0.3 is 5.97 Å². The van der Waals surface area contributed by atoms with Crippen LogP contribution in [-0.4, -0.2) is 39.5 Å². The Morgan fingerprint density at radius 1 is 1.58 bits per heavy atom. The van der Waals surface area contributed by atoms with Crippen molar-refractivity contribution in [2.45, 2.75) is 18.5 Å². The molecule has 10 heteroatoms. The molecule has 0 aliphatic heterocycles. The fourth-order valence-electron chi connectivity index (χ4n) is 1.41. The molecule has 0 saturated heterocycles. The molecule has 0 aliphatic rings. The molecular weight excluding hydrogens is 274 g/mol. The van der Waals surface area contributed by atoms with Gasteiger partial charge in [0.15, 0.2) is 10.8 Å². The highest BCUT2D eigenvalue weighted by Gasteiger charge is 2.25. The van der Waals surface area contributed by atoms with Crippen LogP contribution in [0.1, 0.15) is 17.3 Å². The van der Waals surface area contributed by atoms with Crippen LogP contribution in [-0.2, 0) is 16.6 Å². The van der Waals surface area contributed by atoms with E-state index in [1.165, 1.54) is 10.7 Å². The Bertz CT molecular complexity index is 702. The number of hydrogen-bond acceptors (Lipinski definition) is 5. The molecule has 0 spiro atoms. The van der Waals surface area contributed by atoms with Crippen molar-refractivity contribution in [3.05, 3.63) is 24.0 Å². The third-order valence-corrected chi connectivity index (χ3v) is 3.63. The Labute approximate surface area is 108 Å². The third-order valence-electron chi connectivity index (χ3n) is 2.31. The molecule has 0 atom stereocenters. The average Bonchev–Trinajstić information content (AvgIpc) is 2.95. The van der Waals surface area contributed by atoms with Gasteiger partial charge in [0.1, 0.15) is 5.56 Å². The second-order valence-corrected chi connectivity index (χ2v) is 5.20. The van der Waals surface area contributed by atoms with E-state index >= 15 is 0 Å². The van der Waals surface area contributed by atoms with E-state index in [0.717, 1.165) is 6.20 Å². The van der Waals surface area contributed by atoms with Crippen molar-refractivity contribution in [2.24, 2.45) is 0 Å². The van der Waals surface area contributed by atoms with E-state index in [1.54, 1.807) is 6.20 Å². The van der Waals surface area contributed by atoms with Crippen LogP contribution < -0.4 is 4.72 Å². The van der Waals surface area contributed by atoms with Crippen LogP contribution in [0, 0.1) is 0 Å². The second-order valence-electron chi connectivity index (χ2n) is 3.58. The molecule has 0 aromatic carbocycles. The Hall–Kier alpha value is -2.36. The quantitative estimate of drug-likeness (QED) is 0.715. The van der Waals surface area contributed by atoms with Crippen molar-refractivity contribution in [3.8, 4) is 0 Å². The zero-order valence-electron chi connectivity index (χ0n) is 9.86. The van der Waals surface area contributed by atoms with Gasteiger partial charge in [-0.05, 0) is 6.92 Å². The average molecular weight is 285 g/mol. The van der Waals surface area contributed by atoms with Crippen molar-refractivity contribution >= 4 is 21.8 Å². The van der Waals surface area contributed by atoms with Crippen molar-refractivity contribution in [1.82, 2.24) is 20.0 Å². The number of H-pyrrole nitrogens is 1. The lowest BCUT2D eigenvalue weighted by Crippen LogP contribution is -2.17. The summed E-state index contributed by atoms with van der Waals surface area (Å²) in [5.41, 5.74) is -0.428. The number of sulfonamides is 1. The first-order valence-corrected chi connectivity index (χ1v) is 6.75. The topological polar surface area (TPSA) is 130 Å². The lowest BCUT2D eigenvalue weighted by molar-refractivity contribution is 0.0692. The summed E-state index contributed by atoms with van der Waals surface area (Å²) < 4.78 is 27.7. The Balaban J connectivity index is 2.32. The smallest absolute Gasteiger partial charge is 0.340 e. The molecule has 3 N–H and O–H groups in total. The molecule has 0 amide bonds. The molecule has 0 aliphatic carbocycles. The highest BCUT2D eigenvalue weighted by Crippen LogP contribution is 2.16. The van der Waals surface area contributed by atoms with E-state index in [0.29, 0.717) is 6.54 Å². The number of anilines is 1. The van der Waals surface area contributed by atoms with E-state index in [9.17, 15) is 13.2 Å². The number of carboxylic acid groups (broad SMARTS) is 1. The SMILES string of the molecule is CCn1ccc(NS(=O)(=O)c2[nH]ncc2C(=O)O)n1. The number of carboxylic acids is 1. The van der Waals surface area contributed by atoms with Crippen molar-refractivity contribution < 1.29 is 18.3 Å². The molecule has 2 heterocycles. The minimum atomic E-state index is -4.07. The van der Waals surface area contributed by atoms with Crippen LogP contribution in [0.2, 0.25) is 0 Å². The van der Waals surface area contributed by atoms with Crippen LogP contribution in [0.5, 0.6) is 0 Å². The zero-order chi connectivity index (χ0) is 14.0. The minimum absolute atomic E-state index is 0.104. The van der Waals surface area contributed by atoms with Gasteiger partial charge in [-0.25, -0.2) is 4.79 Å². The van der Waals surface area contributed by atoms with Gasteiger partial charge in [-0.1, -0.05) is 0 Å². The number of aryl methyl sites for hydroxylation is 1. The molecule has 19 heavy (non-hydrogen) atoms. The van der Waals surface area contributed by atoms with Gasteiger partial charge < -0.3 is 5.11 Å². The first-order valence-electron chi connectivity index (χ1n) is 5.27. The van der Waals surface area contributed by atoms with Gasteiger partial charge in [-0.2, -0.15) is 18.6 Å². The highest BCUT2D eigenvalue weighted by atomic mass is 32.2. The predicted octanol–water partition coefficient (Wildman–Crippen LogP) is 0.125. The maximum absolute atomic E-state index is 12.0. The molecular formula is C9H11N5O4S. The van der Waals surface area contributed by atoms with Crippen molar-refractivity contribution in [3.63, 3.8) is 0 Å². The van der Waals surface area contributed by atoms with E-state index in [1.807, 2.05) is 6.92 Å². The van der Waals surface area contributed by atoms with Crippen LogP contribution >= 0.6 is 0 Å². The maximum Gasteiger partial charge on any atom is 0.340 e. The summed E-state index contributed by atoms with van der Waals surface area (Å²) in [7, 11) is -4.07. The number of rotatable bonds is 5. The lowest BCUT2D eigenvalue weighted by Gasteiger charge is -2.03. The molecule has 2 aromatic rings. The summed E-state index contributed by atoms with van der Waals surface area (Å²) in [6.07, 6.45) is 2.53. The minimum Gasteiger partial charge on any atom is -0.478 e. The summed E-state index contributed by atoms with van der Waals surface area (Å²) in [6, 6.07) is 1.47. The van der Waals surface area contributed by atoms with E-state index in [-0.39, 0.29) is 5.82 Å². The normalized spacial score (nSPS) is 11.4. The fraction of sp³-hybridized carbons (Fsp3) is 0.222. The maximum atomic E-state index is 12.0. The number of aromatic nitrogens is 4. The summed E-state index contributed by atoms with van der Waals surface area (Å²) in [6.45, 7) is 2.44. The lowest BCUT2D eigenvalue weighted by atomic mass is 10.4. The molecule has 0 bridgehead atoms. The van der Waals surface area contributed by atoms with Crippen LogP contribution in [0.25, 0.3) is 0 Å². The van der Waals surface area contributed by atoms with Gasteiger partial charge in [0.2, 0.25) is 0 Å². The monoisotopic (exact) mass is 285 g/mol. The van der Waals surface area contributed by atoms with Crippen molar-refractivity contribution in [1.29, 1.82) is 0 Å². The molecule has 0 radical (unpaired) electrons. The van der Waals surface area contributed by atoms with Gasteiger partial charge in [0.25, 0.3) is 10.0 Å². The predicted molar refractivity (Wildman–Crippen MR) is 64.3 cm³/mol. The van der Waals surface area contributed by atoms with Crippen molar-refractivity contribution in [2.75, 3.05) is 4.72 Å². The van der Waals surface area contributed by atoms with E-state index < -0.39 is 26.6 Å². The van der Waals surface area contributed by atoms with Crippen LogP contribution in [0.4, 0.5) is 5.82 Å². The summed E-state index contributed by atoms with van der Waals surface area (Å²) in [5, 5.41) is 17.9. The Morgan fingerprint density at radius 3 is 2.89 bits per heavy atom. The Morgan fingerprint density at radius 2 is 2.32 bits per heavy atom. The number of nitrogens with zero attached hydrogens (tertiary/aromatic N) is 3. The molecule has 0 fully saturated rings. The number of aromatic amines is 1. The first kappa shape index (κ1) is 13.1. The summed E-state index contributed by atoms with van der Waals surface area (Å²) >= 11 is 0. The number of carbonyl (C=O) groups is 1. The van der Waals surface area contributed by atoms with E-state index in [2.05, 4.69) is 20.0 Å². The zero-order valence-corrected chi connectivity index (χ0v) is 10.7. The molecule has 0 unspecified atom stereocenters. The molecule has 0 saturated carbocycles. The largest absolute Gasteiger partial charge is 0.478 e. The van der Waals surface area contributed by atoms with Crippen LogP contribution in [0.15, 0.2) is 23.5 Å². The second kappa shape index (κ2) is 4.72. The van der Waals surface area contributed by atoms with Gasteiger partial charge in [-0.15, -0.1) is 0 Å². The fourth-order valence-corrected chi connectivity index (χ4v) is 2.50. The first-order chi connectivity index (χ1) is 8.94. The molecule has 9 nitrogen and oxygen atoms in total. The number of aromatic carboxylic acids is 1. The van der Waals surface area contributed by atoms with Gasteiger partial charge in [0, 0.05) is 18.8 Å². The molecule has 2 rings (SSSR count). The standard InChI is InChI=1S/C9H11N5O4S/c1-2-14-4-3-7(12-14)13-19(17,18)8-6(9(15)16)5-10-11-8/h3-5H,2H2,1H3,(H,10,11)(H,12,13)(H,15,16). The van der Waals surface area contributed by atoms with Gasteiger partial charge in [-0.3, -0.25) is 14.5 Å². The molecule has 2 aromatic heterocycles. The van der Waals surface area contributed by atoms with Gasteiger partial charge in [0.05, 0.1) is 6.20 Å². The molecule has 102 valence electrons. The summed E-state index contributed by atoms with van der Waals surface area (Å²) in [5.74, 6) is -1.28. The third kappa shape index (κ3) is 2.57.